The summed E-state index contributed by atoms with van der Waals surface area (Å²) in [6.45, 7) is 2.84. The van der Waals surface area contributed by atoms with Crippen molar-refractivity contribution < 1.29 is 14.3 Å². The lowest BCUT2D eigenvalue weighted by Crippen LogP contribution is -2.08. The highest BCUT2D eigenvalue weighted by atomic mass is 16.5. The molecule has 0 bridgehead atoms. The lowest BCUT2D eigenvalue weighted by molar-refractivity contribution is 0.0734. The molecule has 0 amide bonds. The monoisotopic (exact) mass is 388 g/mol. The second-order valence-electron chi connectivity index (χ2n) is 6.50. The Morgan fingerprint density at radius 1 is 0.931 bits per heavy atom. The van der Waals surface area contributed by atoms with Crippen molar-refractivity contribution in [1.82, 2.24) is 4.98 Å². The van der Waals surface area contributed by atoms with Gasteiger partial charge in [0.25, 0.3) is 0 Å². The fourth-order valence-electron chi connectivity index (χ4n) is 2.59. The summed E-state index contributed by atoms with van der Waals surface area (Å²) in [6, 6.07) is 17.8. The van der Waals surface area contributed by atoms with E-state index in [2.05, 4.69) is 16.9 Å². The molecule has 0 saturated carbocycles. The minimum atomic E-state index is -0.407. The van der Waals surface area contributed by atoms with Crippen LogP contribution in [0, 0.1) is 0 Å². The van der Waals surface area contributed by atoms with Crippen LogP contribution in [0.15, 0.2) is 78.0 Å². The predicted octanol–water partition coefficient (Wildman–Crippen LogP) is 5.62. The molecule has 5 heteroatoms. The quantitative estimate of drug-likeness (QED) is 0.207. The van der Waals surface area contributed by atoms with E-state index in [-0.39, 0.29) is 0 Å². The van der Waals surface area contributed by atoms with Crippen molar-refractivity contribution in [3.05, 3.63) is 84.2 Å². The van der Waals surface area contributed by atoms with E-state index in [0.29, 0.717) is 17.9 Å². The second kappa shape index (κ2) is 10.8. The van der Waals surface area contributed by atoms with E-state index >= 15 is 0 Å². The van der Waals surface area contributed by atoms with Gasteiger partial charge in [-0.1, -0.05) is 19.8 Å². The Kier molecular flexibility index (Phi) is 7.52. The summed E-state index contributed by atoms with van der Waals surface area (Å²) in [5, 5.41) is 0. The van der Waals surface area contributed by atoms with Gasteiger partial charge < -0.3 is 9.47 Å². The topological polar surface area (TPSA) is 60.8 Å². The van der Waals surface area contributed by atoms with Crippen LogP contribution in [0.2, 0.25) is 0 Å². The van der Waals surface area contributed by atoms with Gasteiger partial charge in [0.2, 0.25) is 0 Å². The van der Waals surface area contributed by atoms with Crippen LogP contribution in [-0.4, -0.2) is 23.8 Å². The maximum absolute atomic E-state index is 12.3. The minimum absolute atomic E-state index is 0.407. The molecule has 0 aliphatic heterocycles. The number of ether oxygens (including phenoxy) is 2. The second-order valence-corrected chi connectivity index (χ2v) is 6.50. The molecule has 0 saturated heterocycles. The lowest BCUT2D eigenvalue weighted by Gasteiger charge is -2.07. The average Bonchev–Trinajstić information content (AvgIpc) is 2.77. The van der Waals surface area contributed by atoms with Crippen LogP contribution in [0.25, 0.3) is 0 Å². The van der Waals surface area contributed by atoms with Crippen LogP contribution < -0.4 is 9.47 Å². The number of rotatable bonds is 9. The molecule has 0 atom stereocenters. The minimum Gasteiger partial charge on any atom is -0.494 e. The number of nitrogens with zero attached hydrogens (tertiary/aromatic N) is 2. The predicted molar refractivity (Wildman–Crippen MR) is 114 cm³/mol. The van der Waals surface area contributed by atoms with Crippen molar-refractivity contribution in [3.63, 3.8) is 0 Å². The van der Waals surface area contributed by atoms with Gasteiger partial charge in [-0.05, 0) is 72.6 Å². The Bertz CT molecular complexity index is 921. The van der Waals surface area contributed by atoms with Crippen LogP contribution in [0.1, 0.15) is 42.1 Å². The third-order valence-corrected chi connectivity index (χ3v) is 4.22. The van der Waals surface area contributed by atoms with Crippen molar-refractivity contribution in [2.24, 2.45) is 4.99 Å². The molecule has 3 rings (SSSR count). The van der Waals surface area contributed by atoms with Crippen LogP contribution in [-0.2, 0) is 0 Å². The summed E-state index contributed by atoms with van der Waals surface area (Å²) in [6.07, 6.45) is 8.53. The van der Waals surface area contributed by atoms with Gasteiger partial charge in [-0.25, -0.2) is 4.79 Å². The van der Waals surface area contributed by atoms with Crippen LogP contribution in [0.4, 0.5) is 5.69 Å². The van der Waals surface area contributed by atoms with Crippen molar-refractivity contribution in [2.75, 3.05) is 6.61 Å². The smallest absolute Gasteiger partial charge is 0.343 e. The SMILES string of the molecule is CCCCCOc1ccc(C(=O)Oc2ccc(N=Cc3ccncc3)cc2)cc1. The molecule has 5 nitrogen and oxygen atoms in total. The first-order valence-corrected chi connectivity index (χ1v) is 9.74. The van der Waals surface area contributed by atoms with Gasteiger partial charge in [0, 0.05) is 18.6 Å². The fraction of sp³-hybridized carbons (Fsp3) is 0.208. The van der Waals surface area contributed by atoms with Crippen LogP contribution in [0.5, 0.6) is 11.5 Å². The molecular weight excluding hydrogens is 364 g/mol. The molecule has 0 unspecified atom stereocenters. The van der Waals surface area contributed by atoms with Gasteiger partial charge in [0.15, 0.2) is 0 Å². The van der Waals surface area contributed by atoms with E-state index in [1.165, 1.54) is 0 Å². The summed E-state index contributed by atoms with van der Waals surface area (Å²) < 4.78 is 11.1. The first-order valence-electron chi connectivity index (χ1n) is 9.74. The number of benzene rings is 2. The standard InChI is InChI=1S/C24H24N2O3/c1-2-3-4-17-28-22-9-5-20(6-10-22)24(27)29-23-11-7-21(8-12-23)26-18-19-13-15-25-16-14-19/h5-16,18H,2-4,17H2,1H3. The zero-order chi connectivity index (χ0) is 20.3. The van der Waals surface area contributed by atoms with E-state index in [0.717, 1.165) is 36.3 Å². The zero-order valence-corrected chi connectivity index (χ0v) is 16.5. The van der Waals surface area contributed by atoms with E-state index in [4.69, 9.17) is 9.47 Å². The number of aliphatic imine (C=N–C) groups is 1. The molecule has 3 aromatic rings. The van der Waals surface area contributed by atoms with Gasteiger partial charge in [-0.2, -0.15) is 0 Å². The van der Waals surface area contributed by atoms with Gasteiger partial charge >= 0.3 is 5.97 Å². The molecule has 0 radical (unpaired) electrons. The number of unbranched alkanes of at least 4 members (excludes halogenated alkanes) is 2. The van der Waals surface area contributed by atoms with Gasteiger partial charge in [-0.15, -0.1) is 0 Å². The Morgan fingerprint density at radius 3 is 2.31 bits per heavy atom. The summed E-state index contributed by atoms with van der Waals surface area (Å²) in [5.41, 5.74) is 2.21. The highest BCUT2D eigenvalue weighted by molar-refractivity contribution is 5.91. The number of carbonyl (C=O) groups excluding carboxylic acids is 1. The molecule has 1 heterocycles. The third-order valence-electron chi connectivity index (χ3n) is 4.22. The highest BCUT2D eigenvalue weighted by Gasteiger charge is 2.09. The molecule has 0 spiro atoms. The molecule has 0 aliphatic rings. The summed E-state index contributed by atoms with van der Waals surface area (Å²) in [5.74, 6) is 0.822. The fourth-order valence-corrected chi connectivity index (χ4v) is 2.59. The molecule has 148 valence electrons. The molecule has 29 heavy (non-hydrogen) atoms. The maximum Gasteiger partial charge on any atom is 0.343 e. The maximum atomic E-state index is 12.3. The molecule has 0 N–H and O–H groups in total. The lowest BCUT2D eigenvalue weighted by atomic mass is 10.2. The van der Waals surface area contributed by atoms with Gasteiger partial charge in [-0.3, -0.25) is 9.98 Å². The molecule has 2 aromatic carbocycles. The molecule has 1 aromatic heterocycles. The average molecular weight is 388 g/mol. The van der Waals surface area contributed by atoms with Crippen molar-refractivity contribution in [3.8, 4) is 11.5 Å². The Hall–Kier alpha value is -3.47. The van der Waals surface area contributed by atoms with Crippen molar-refractivity contribution >= 4 is 17.9 Å². The number of carbonyl (C=O) groups is 1. The largest absolute Gasteiger partial charge is 0.494 e. The number of aromatic nitrogens is 1. The summed E-state index contributed by atoms with van der Waals surface area (Å²) in [4.78, 5) is 20.7. The van der Waals surface area contributed by atoms with Crippen LogP contribution >= 0.6 is 0 Å². The number of hydrogen-bond acceptors (Lipinski definition) is 5. The Morgan fingerprint density at radius 2 is 1.62 bits per heavy atom. The first-order chi connectivity index (χ1) is 14.2. The third kappa shape index (κ3) is 6.57. The summed E-state index contributed by atoms with van der Waals surface area (Å²) >= 11 is 0. The molecule has 0 aliphatic carbocycles. The number of pyridine rings is 1. The van der Waals surface area contributed by atoms with Gasteiger partial charge in [0.1, 0.15) is 11.5 Å². The van der Waals surface area contributed by atoms with E-state index in [1.54, 1.807) is 67.1 Å². The number of esters is 1. The molecule has 0 fully saturated rings. The Balaban J connectivity index is 1.53. The van der Waals surface area contributed by atoms with Crippen molar-refractivity contribution in [2.45, 2.75) is 26.2 Å². The van der Waals surface area contributed by atoms with Crippen molar-refractivity contribution in [1.29, 1.82) is 0 Å². The normalized spacial score (nSPS) is 10.8. The van der Waals surface area contributed by atoms with Gasteiger partial charge in [0.05, 0.1) is 17.9 Å². The van der Waals surface area contributed by atoms with Crippen LogP contribution in [0.3, 0.4) is 0 Å². The number of hydrogen-bond donors (Lipinski definition) is 0. The summed E-state index contributed by atoms with van der Waals surface area (Å²) in [7, 11) is 0. The Labute approximate surface area is 171 Å². The molecular formula is C24H24N2O3. The zero-order valence-electron chi connectivity index (χ0n) is 16.5. The van der Waals surface area contributed by atoms with E-state index in [1.807, 2.05) is 12.1 Å². The van der Waals surface area contributed by atoms with E-state index in [9.17, 15) is 4.79 Å². The van der Waals surface area contributed by atoms with E-state index < -0.39 is 5.97 Å². The highest BCUT2D eigenvalue weighted by Crippen LogP contribution is 2.20. The first kappa shape index (κ1) is 20.3.